The second-order valence-electron chi connectivity index (χ2n) is 5.98. The number of hydrogen-bond donors (Lipinski definition) is 2. The molecule has 138 valence electrons. The van der Waals surface area contributed by atoms with Gasteiger partial charge in [0.15, 0.2) is 0 Å². The number of rotatable bonds is 3. The summed E-state index contributed by atoms with van der Waals surface area (Å²) >= 11 is 3.36. The SMILES string of the molecule is NC(=O)c1cc2cc(Br)ccc2o/c1=N/NC(=O)c1cnc2ccccc2c1. The maximum Gasteiger partial charge on any atom is 0.273 e. The molecule has 0 saturated carbocycles. The molecule has 2 heterocycles. The van der Waals surface area contributed by atoms with Gasteiger partial charge in [-0.05, 0) is 36.4 Å². The summed E-state index contributed by atoms with van der Waals surface area (Å²) in [4.78, 5) is 28.5. The fourth-order valence-corrected chi connectivity index (χ4v) is 3.10. The number of aromatic nitrogens is 1. The number of halogens is 1. The predicted molar refractivity (Wildman–Crippen MR) is 107 cm³/mol. The largest absolute Gasteiger partial charge is 0.436 e. The van der Waals surface area contributed by atoms with Crippen molar-refractivity contribution in [3.8, 4) is 0 Å². The highest BCUT2D eigenvalue weighted by Gasteiger charge is 2.11. The molecule has 4 aromatic rings. The van der Waals surface area contributed by atoms with Crippen LogP contribution in [0.3, 0.4) is 0 Å². The number of carbonyl (C=O) groups is 2. The number of nitrogens with one attached hydrogen (secondary N) is 1. The molecule has 0 fully saturated rings. The van der Waals surface area contributed by atoms with Gasteiger partial charge in [-0.25, -0.2) is 5.43 Å². The van der Waals surface area contributed by atoms with E-state index in [4.69, 9.17) is 10.2 Å². The Morgan fingerprint density at radius 3 is 2.71 bits per heavy atom. The first-order chi connectivity index (χ1) is 13.5. The van der Waals surface area contributed by atoms with Gasteiger partial charge >= 0.3 is 0 Å². The molecule has 4 rings (SSSR count). The number of fused-ring (bicyclic) bond motifs is 2. The Kier molecular flexibility index (Phi) is 4.62. The third-order valence-electron chi connectivity index (χ3n) is 4.09. The van der Waals surface area contributed by atoms with Gasteiger partial charge in [0, 0.05) is 21.4 Å². The fraction of sp³-hybridized carbons (Fsp3) is 0. The van der Waals surface area contributed by atoms with Crippen LogP contribution in [0.5, 0.6) is 0 Å². The van der Waals surface area contributed by atoms with Crippen molar-refractivity contribution in [1.29, 1.82) is 0 Å². The van der Waals surface area contributed by atoms with Crippen LogP contribution in [0.2, 0.25) is 0 Å². The molecule has 2 aromatic heterocycles. The molecule has 0 aliphatic rings. The van der Waals surface area contributed by atoms with Gasteiger partial charge in [0.25, 0.3) is 11.8 Å². The molecule has 3 N–H and O–H groups in total. The maximum atomic E-state index is 12.4. The van der Waals surface area contributed by atoms with Crippen molar-refractivity contribution in [3.05, 3.63) is 81.9 Å². The van der Waals surface area contributed by atoms with Crippen molar-refractivity contribution in [2.24, 2.45) is 10.8 Å². The molecule has 2 amide bonds. The van der Waals surface area contributed by atoms with Crippen LogP contribution < -0.4 is 16.7 Å². The number of amides is 2. The van der Waals surface area contributed by atoms with Crippen LogP contribution in [-0.4, -0.2) is 16.8 Å². The average molecular weight is 437 g/mol. The van der Waals surface area contributed by atoms with Crippen LogP contribution in [-0.2, 0) is 0 Å². The van der Waals surface area contributed by atoms with Crippen molar-refractivity contribution in [1.82, 2.24) is 10.4 Å². The zero-order chi connectivity index (χ0) is 19.7. The minimum absolute atomic E-state index is 0.0579. The Morgan fingerprint density at radius 2 is 1.89 bits per heavy atom. The lowest BCUT2D eigenvalue weighted by Crippen LogP contribution is -2.27. The van der Waals surface area contributed by atoms with Crippen molar-refractivity contribution in [3.63, 3.8) is 0 Å². The number of nitrogens with two attached hydrogens (primary N) is 1. The topological polar surface area (TPSA) is 111 Å². The summed E-state index contributed by atoms with van der Waals surface area (Å²) in [7, 11) is 0. The van der Waals surface area contributed by atoms with Crippen molar-refractivity contribution < 1.29 is 14.0 Å². The zero-order valence-corrected chi connectivity index (χ0v) is 15.9. The first kappa shape index (κ1) is 17.9. The van der Waals surface area contributed by atoms with Gasteiger partial charge in [-0.2, -0.15) is 0 Å². The Hall–Kier alpha value is -3.52. The number of hydrogen-bond acceptors (Lipinski definition) is 5. The van der Waals surface area contributed by atoms with Crippen LogP contribution in [0.15, 0.2) is 74.8 Å². The van der Waals surface area contributed by atoms with Gasteiger partial charge < -0.3 is 10.2 Å². The molecule has 0 aliphatic heterocycles. The summed E-state index contributed by atoms with van der Waals surface area (Å²) in [5, 5.41) is 5.45. The zero-order valence-electron chi connectivity index (χ0n) is 14.3. The lowest BCUT2D eigenvalue weighted by Gasteiger charge is -2.04. The molecule has 0 atom stereocenters. The number of para-hydroxylation sites is 1. The molecule has 2 aromatic carbocycles. The lowest BCUT2D eigenvalue weighted by molar-refractivity contribution is 0.0946. The Bertz CT molecular complexity index is 1310. The highest BCUT2D eigenvalue weighted by atomic mass is 79.9. The van der Waals surface area contributed by atoms with Crippen LogP contribution in [0, 0.1) is 0 Å². The molecule has 0 spiro atoms. The molecule has 7 nitrogen and oxygen atoms in total. The van der Waals surface area contributed by atoms with E-state index in [1.807, 2.05) is 24.3 Å². The van der Waals surface area contributed by atoms with Crippen LogP contribution in [0.1, 0.15) is 20.7 Å². The molecular weight excluding hydrogens is 424 g/mol. The quantitative estimate of drug-likeness (QED) is 0.480. The smallest absolute Gasteiger partial charge is 0.273 e. The number of primary amides is 1. The van der Waals surface area contributed by atoms with E-state index in [1.54, 1.807) is 30.3 Å². The van der Waals surface area contributed by atoms with E-state index in [9.17, 15) is 9.59 Å². The Labute approximate surface area is 167 Å². The molecule has 0 radical (unpaired) electrons. The van der Waals surface area contributed by atoms with Gasteiger partial charge in [-0.3, -0.25) is 14.6 Å². The third kappa shape index (κ3) is 3.49. The first-order valence-electron chi connectivity index (χ1n) is 8.23. The first-order valence-corrected chi connectivity index (χ1v) is 9.02. The molecule has 0 unspecified atom stereocenters. The van der Waals surface area contributed by atoms with Crippen LogP contribution in [0.4, 0.5) is 0 Å². The highest BCUT2D eigenvalue weighted by molar-refractivity contribution is 9.10. The van der Waals surface area contributed by atoms with Crippen molar-refractivity contribution in [2.45, 2.75) is 0 Å². The van der Waals surface area contributed by atoms with E-state index in [2.05, 4.69) is 31.4 Å². The predicted octanol–water partition coefficient (Wildman–Crippen LogP) is 3.09. The normalized spacial score (nSPS) is 11.7. The van der Waals surface area contributed by atoms with Gasteiger partial charge in [-0.15, -0.1) is 5.10 Å². The van der Waals surface area contributed by atoms with Crippen LogP contribution >= 0.6 is 15.9 Å². The highest BCUT2D eigenvalue weighted by Crippen LogP contribution is 2.19. The monoisotopic (exact) mass is 436 g/mol. The number of pyridine rings is 1. The minimum atomic E-state index is -0.717. The second-order valence-corrected chi connectivity index (χ2v) is 6.90. The molecule has 0 saturated heterocycles. The van der Waals surface area contributed by atoms with Crippen molar-refractivity contribution in [2.75, 3.05) is 0 Å². The standard InChI is InChI=1S/C20H13BrN4O3/c21-14-5-6-17-12(8-14)9-15(18(22)26)20(28-17)25-24-19(27)13-7-11-3-1-2-4-16(11)23-10-13/h1-10H,(H2,22,26)(H,24,27)/b25-20+. The number of nitrogens with zero attached hydrogens (tertiary/aromatic N) is 2. The second kappa shape index (κ2) is 7.24. The fourth-order valence-electron chi connectivity index (χ4n) is 2.72. The summed E-state index contributed by atoms with van der Waals surface area (Å²) in [6.07, 6.45) is 1.46. The molecule has 28 heavy (non-hydrogen) atoms. The molecule has 8 heteroatoms. The van der Waals surface area contributed by atoms with Crippen LogP contribution in [0.25, 0.3) is 21.9 Å². The summed E-state index contributed by atoms with van der Waals surface area (Å²) in [5.41, 5.74) is 9.40. The van der Waals surface area contributed by atoms with Gasteiger partial charge in [0.2, 0.25) is 5.55 Å². The Balaban J connectivity index is 1.72. The number of carbonyl (C=O) groups excluding carboxylic acids is 2. The summed E-state index contributed by atoms with van der Waals surface area (Å²) in [6.45, 7) is 0. The number of benzene rings is 2. The summed E-state index contributed by atoms with van der Waals surface area (Å²) in [6, 6.07) is 16.0. The summed E-state index contributed by atoms with van der Waals surface area (Å²) < 4.78 is 6.47. The van der Waals surface area contributed by atoms with Gasteiger partial charge in [-0.1, -0.05) is 34.1 Å². The van der Waals surface area contributed by atoms with E-state index in [0.717, 1.165) is 15.4 Å². The van der Waals surface area contributed by atoms with E-state index in [1.165, 1.54) is 6.20 Å². The van der Waals surface area contributed by atoms with Gasteiger partial charge in [0.1, 0.15) is 11.1 Å². The molecule has 0 bridgehead atoms. The van der Waals surface area contributed by atoms with Crippen molar-refractivity contribution >= 4 is 49.6 Å². The van der Waals surface area contributed by atoms with Gasteiger partial charge in [0.05, 0.1) is 11.1 Å². The van der Waals surface area contributed by atoms with E-state index in [-0.39, 0.29) is 11.1 Å². The van der Waals surface area contributed by atoms with E-state index in [0.29, 0.717) is 16.5 Å². The van der Waals surface area contributed by atoms with E-state index >= 15 is 0 Å². The summed E-state index contributed by atoms with van der Waals surface area (Å²) in [5.74, 6) is -1.20. The maximum absolute atomic E-state index is 12.4. The third-order valence-corrected chi connectivity index (χ3v) is 4.58. The molecule has 0 aliphatic carbocycles. The lowest BCUT2D eigenvalue weighted by atomic mass is 10.1. The molecular formula is C20H13BrN4O3. The average Bonchev–Trinajstić information content (AvgIpc) is 2.70. The minimum Gasteiger partial charge on any atom is -0.436 e. The van der Waals surface area contributed by atoms with E-state index < -0.39 is 11.8 Å². The Morgan fingerprint density at radius 1 is 1.07 bits per heavy atom.